The molecule has 3 rings (SSSR count). The number of rotatable bonds is 8. The highest BCUT2D eigenvalue weighted by Crippen LogP contribution is 2.16. The van der Waals surface area contributed by atoms with Crippen LogP contribution in [0.3, 0.4) is 0 Å². The van der Waals surface area contributed by atoms with E-state index in [2.05, 4.69) is 10.6 Å². The second-order valence-electron chi connectivity index (χ2n) is 8.83. The first-order valence-electron chi connectivity index (χ1n) is 11.5. The van der Waals surface area contributed by atoms with E-state index in [0.717, 1.165) is 35.7 Å². The molecule has 0 bridgehead atoms. The number of thioether (sulfide) groups is 1. The zero-order chi connectivity index (χ0) is 23.8. The van der Waals surface area contributed by atoms with Crippen molar-refractivity contribution in [1.29, 1.82) is 0 Å². The molecule has 1 aliphatic rings. The SMILES string of the molecule is Cc1ccccc1C(=O)NC(CC(C)C)C(=O)Nc1ccc(CC(=O)N2CCSCC2)cc1. The molecular weight excluding hydrogens is 434 g/mol. The maximum atomic E-state index is 13.0. The summed E-state index contributed by atoms with van der Waals surface area (Å²) < 4.78 is 0. The first kappa shape index (κ1) is 24.8. The molecule has 0 saturated carbocycles. The molecule has 1 saturated heterocycles. The standard InChI is InChI=1S/C26H33N3O3S/c1-18(2)16-23(28-25(31)22-7-5-4-6-19(22)3)26(32)27-21-10-8-20(9-11-21)17-24(30)29-12-14-33-15-13-29/h4-11,18,23H,12-17H2,1-3H3,(H,27,32)(H,28,31). The van der Waals surface area contributed by atoms with Gasteiger partial charge in [0.05, 0.1) is 6.42 Å². The Labute approximate surface area is 200 Å². The lowest BCUT2D eigenvalue weighted by molar-refractivity contribution is -0.130. The Morgan fingerprint density at radius 2 is 1.67 bits per heavy atom. The summed E-state index contributed by atoms with van der Waals surface area (Å²) in [5, 5.41) is 5.81. The van der Waals surface area contributed by atoms with Crippen molar-refractivity contribution in [2.75, 3.05) is 29.9 Å². The zero-order valence-corrected chi connectivity index (χ0v) is 20.4. The average molecular weight is 468 g/mol. The smallest absolute Gasteiger partial charge is 0.252 e. The molecule has 0 spiro atoms. The molecule has 176 valence electrons. The molecule has 1 aliphatic heterocycles. The van der Waals surface area contributed by atoms with Gasteiger partial charge in [-0.25, -0.2) is 0 Å². The topological polar surface area (TPSA) is 78.5 Å². The van der Waals surface area contributed by atoms with Gasteiger partial charge in [0.1, 0.15) is 6.04 Å². The Kier molecular flexibility index (Phi) is 8.95. The average Bonchev–Trinajstić information content (AvgIpc) is 2.80. The van der Waals surface area contributed by atoms with Crippen LogP contribution < -0.4 is 10.6 Å². The molecule has 1 unspecified atom stereocenters. The van der Waals surface area contributed by atoms with Crippen molar-refractivity contribution in [3.63, 3.8) is 0 Å². The van der Waals surface area contributed by atoms with Gasteiger partial charge in [0.15, 0.2) is 0 Å². The number of carbonyl (C=O) groups excluding carboxylic acids is 3. The predicted octanol–water partition coefficient (Wildman–Crippen LogP) is 3.90. The van der Waals surface area contributed by atoms with Gasteiger partial charge in [-0.15, -0.1) is 0 Å². The van der Waals surface area contributed by atoms with Gasteiger partial charge >= 0.3 is 0 Å². The van der Waals surface area contributed by atoms with E-state index in [9.17, 15) is 14.4 Å². The quantitative estimate of drug-likeness (QED) is 0.617. The van der Waals surface area contributed by atoms with E-state index in [1.807, 2.05) is 79.9 Å². The minimum atomic E-state index is -0.643. The number of nitrogens with one attached hydrogen (secondary N) is 2. The lowest BCUT2D eigenvalue weighted by Crippen LogP contribution is -2.44. The molecule has 1 atom stereocenters. The number of nitrogens with zero attached hydrogens (tertiary/aromatic N) is 1. The highest BCUT2D eigenvalue weighted by atomic mass is 32.2. The molecule has 0 aromatic heterocycles. The van der Waals surface area contributed by atoms with Crippen LogP contribution in [-0.2, 0) is 16.0 Å². The zero-order valence-electron chi connectivity index (χ0n) is 19.6. The van der Waals surface area contributed by atoms with E-state index in [0.29, 0.717) is 24.1 Å². The summed E-state index contributed by atoms with van der Waals surface area (Å²) in [6.45, 7) is 7.54. The van der Waals surface area contributed by atoms with Gasteiger partial charge in [-0.2, -0.15) is 11.8 Å². The van der Waals surface area contributed by atoms with Crippen LogP contribution in [0.15, 0.2) is 48.5 Å². The maximum Gasteiger partial charge on any atom is 0.252 e. The largest absolute Gasteiger partial charge is 0.341 e. The van der Waals surface area contributed by atoms with Crippen molar-refractivity contribution in [2.24, 2.45) is 5.92 Å². The van der Waals surface area contributed by atoms with E-state index in [4.69, 9.17) is 0 Å². The van der Waals surface area contributed by atoms with Gasteiger partial charge in [0, 0.05) is 35.8 Å². The van der Waals surface area contributed by atoms with Crippen molar-refractivity contribution >= 4 is 35.2 Å². The van der Waals surface area contributed by atoms with Gasteiger partial charge < -0.3 is 15.5 Å². The highest BCUT2D eigenvalue weighted by molar-refractivity contribution is 7.99. The lowest BCUT2D eigenvalue weighted by Gasteiger charge is -2.26. The van der Waals surface area contributed by atoms with Crippen molar-refractivity contribution in [3.05, 3.63) is 65.2 Å². The number of hydrogen-bond acceptors (Lipinski definition) is 4. The third-order valence-electron chi connectivity index (χ3n) is 5.66. The molecule has 2 N–H and O–H groups in total. The number of carbonyl (C=O) groups is 3. The first-order chi connectivity index (χ1) is 15.8. The summed E-state index contributed by atoms with van der Waals surface area (Å²) in [6.07, 6.45) is 0.894. The second kappa shape index (κ2) is 11.9. The minimum Gasteiger partial charge on any atom is -0.341 e. The lowest BCUT2D eigenvalue weighted by atomic mass is 10.0. The fraction of sp³-hybridized carbons (Fsp3) is 0.423. The van der Waals surface area contributed by atoms with Gasteiger partial charge in [-0.1, -0.05) is 44.2 Å². The first-order valence-corrected chi connectivity index (χ1v) is 12.6. The summed E-state index contributed by atoms with van der Waals surface area (Å²) in [5.74, 6) is 1.87. The molecule has 3 amide bonds. The van der Waals surface area contributed by atoms with Gasteiger partial charge in [0.25, 0.3) is 5.91 Å². The molecule has 6 nitrogen and oxygen atoms in total. The number of aryl methyl sites for hydroxylation is 1. The number of benzene rings is 2. The molecular formula is C26H33N3O3S. The number of anilines is 1. The third-order valence-corrected chi connectivity index (χ3v) is 6.60. The maximum absolute atomic E-state index is 13.0. The monoisotopic (exact) mass is 467 g/mol. The van der Waals surface area contributed by atoms with E-state index in [-0.39, 0.29) is 23.6 Å². The summed E-state index contributed by atoms with van der Waals surface area (Å²) in [7, 11) is 0. The molecule has 0 radical (unpaired) electrons. The van der Waals surface area contributed by atoms with Crippen molar-refractivity contribution < 1.29 is 14.4 Å². The van der Waals surface area contributed by atoms with Crippen LogP contribution in [0.5, 0.6) is 0 Å². The van der Waals surface area contributed by atoms with Crippen molar-refractivity contribution in [2.45, 2.75) is 39.7 Å². The number of amides is 3. The Bertz CT molecular complexity index is 969. The van der Waals surface area contributed by atoms with Crippen LogP contribution in [0.2, 0.25) is 0 Å². The van der Waals surface area contributed by atoms with Crippen molar-refractivity contribution in [3.8, 4) is 0 Å². The van der Waals surface area contributed by atoms with E-state index in [1.54, 1.807) is 6.07 Å². The van der Waals surface area contributed by atoms with Crippen LogP contribution in [-0.4, -0.2) is 53.3 Å². The Morgan fingerprint density at radius 1 is 1.00 bits per heavy atom. The van der Waals surface area contributed by atoms with Gasteiger partial charge in [0.2, 0.25) is 11.8 Å². The Morgan fingerprint density at radius 3 is 2.30 bits per heavy atom. The van der Waals surface area contributed by atoms with Crippen LogP contribution in [0, 0.1) is 12.8 Å². The molecule has 2 aromatic rings. The summed E-state index contributed by atoms with van der Waals surface area (Å²) in [6, 6.07) is 14.1. The van der Waals surface area contributed by atoms with Crippen LogP contribution >= 0.6 is 11.8 Å². The van der Waals surface area contributed by atoms with E-state index < -0.39 is 6.04 Å². The molecule has 7 heteroatoms. The van der Waals surface area contributed by atoms with Gasteiger partial charge in [-0.3, -0.25) is 14.4 Å². The molecule has 1 fully saturated rings. The Hall–Kier alpha value is -2.80. The molecule has 33 heavy (non-hydrogen) atoms. The third kappa shape index (κ3) is 7.35. The fourth-order valence-corrected chi connectivity index (χ4v) is 4.70. The minimum absolute atomic E-state index is 0.142. The van der Waals surface area contributed by atoms with Crippen LogP contribution in [0.4, 0.5) is 5.69 Å². The fourth-order valence-electron chi connectivity index (χ4n) is 3.80. The van der Waals surface area contributed by atoms with Crippen LogP contribution in [0.25, 0.3) is 0 Å². The predicted molar refractivity (Wildman–Crippen MR) is 135 cm³/mol. The second-order valence-corrected chi connectivity index (χ2v) is 10.1. The van der Waals surface area contributed by atoms with Gasteiger partial charge in [-0.05, 0) is 48.6 Å². The highest BCUT2D eigenvalue weighted by Gasteiger charge is 2.23. The molecule has 0 aliphatic carbocycles. The van der Waals surface area contributed by atoms with E-state index >= 15 is 0 Å². The van der Waals surface area contributed by atoms with E-state index in [1.165, 1.54) is 0 Å². The summed E-state index contributed by atoms with van der Waals surface area (Å²) >= 11 is 1.88. The van der Waals surface area contributed by atoms with Crippen LogP contribution in [0.1, 0.15) is 41.8 Å². The Balaban J connectivity index is 1.61. The summed E-state index contributed by atoms with van der Waals surface area (Å²) in [4.78, 5) is 40.1. The molecule has 2 aromatic carbocycles. The molecule has 1 heterocycles. The van der Waals surface area contributed by atoms with Crippen molar-refractivity contribution in [1.82, 2.24) is 10.2 Å². The summed E-state index contributed by atoms with van der Waals surface area (Å²) in [5.41, 5.74) is 3.00. The normalized spacial score (nSPS) is 14.6. The number of hydrogen-bond donors (Lipinski definition) is 2.